The van der Waals surface area contributed by atoms with Crippen molar-refractivity contribution in [3.05, 3.63) is 11.7 Å². The number of aromatic nitrogens is 2. The minimum absolute atomic E-state index is 0.00676. The molecule has 1 aromatic rings. The molecular weight excluding hydrogens is 272 g/mol. The lowest BCUT2D eigenvalue weighted by atomic mass is 9.96. The maximum atomic E-state index is 12.5. The van der Waals surface area contributed by atoms with E-state index < -0.39 is 11.6 Å². The van der Waals surface area contributed by atoms with E-state index in [-0.39, 0.29) is 12.0 Å². The Kier molecular flexibility index (Phi) is 3.95. The summed E-state index contributed by atoms with van der Waals surface area (Å²) in [4.78, 5) is 16.8. The topological polar surface area (TPSA) is 103 Å². The molecule has 1 aliphatic carbocycles. The molecule has 0 aromatic carbocycles. The van der Waals surface area contributed by atoms with Crippen molar-refractivity contribution in [3.8, 4) is 0 Å². The molecule has 2 aliphatic rings. The van der Waals surface area contributed by atoms with Crippen molar-refractivity contribution in [2.75, 3.05) is 6.54 Å². The number of nitrogens with zero attached hydrogens (tertiary/aromatic N) is 2. The SMILES string of the molecule is Cc1nc(C2(NC(=O)[C@@H]3CC[C@H](CN)O3)CCCC2)no1. The van der Waals surface area contributed by atoms with Crippen LogP contribution in [0.15, 0.2) is 4.52 Å². The summed E-state index contributed by atoms with van der Waals surface area (Å²) >= 11 is 0. The lowest BCUT2D eigenvalue weighted by Gasteiger charge is -2.28. The van der Waals surface area contributed by atoms with Gasteiger partial charge < -0.3 is 20.3 Å². The molecule has 7 nitrogen and oxygen atoms in total. The number of amides is 1. The minimum Gasteiger partial charge on any atom is -0.364 e. The third kappa shape index (κ3) is 2.80. The van der Waals surface area contributed by atoms with Crippen molar-refractivity contribution in [3.63, 3.8) is 0 Å². The lowest BCUT2D eigenvalue weighted by Crippen LogP contribution is -2.48. The third-order valence-corrected chi connectivity index (χ3v) is 4.44. The van der Waals surface area contributed by atoms with E-state index in [1.54, 1.807) is 6.92 Å². The molecule has 0 spiro atoms. The summed E-state index contributed by atoms with van der Waals surface area (Å²) in [5, 5.41) is 7.14. The van der Waals surface area contributed by atoms with E-state index in [1.807, 2.05) is 0 Å². The van der Waals surface area contributed by atoms with Gasteiger partial charge >= 0.3 is 0 Å². The van der Waals surface area contributed by atoms with Crippen LogP contribution in [-0.4, -0.2) is 34.8 Å². The van der Waals surface area contributed by atoms with E-state index in [2.05, 4.69) is 15.5 Å². The number of nitrogens with two attached hydrogens (primary N) is 1. The van der Waals surface area contributed by atoms with Crippen molar-refractivity contribution < 1.29 is 14.1 Å². The van der Waals surface area contributed by atoms with E-state index in [4.69, 9.17) is 15.0 Å². The molecule has 0 unspecified atom stereocenters. The predicted octanol–water partition coefficient (Wildman–Crippen LogP) is 0.770. The standard InChI is InChI=1S/C14H22N4O3/c1-9-16-13(18-21-9)14(6-2-3-7-14)17-12(19)11-5-4-10(8-15)20-11/h10-11H,2-8,15H2,1H3,(H,17,19)/t10-,11+/m1/s1. The van der Waals surface area contributed by atoms with Crippen LogP contribution in [-0.2, 0) is 15.1 Å². The summed E-state index contributed by atoms with van der Waals surface area (Å²) < 4.78 is 10.8. The molecule has 1 aromatic heterocycles. The second-order valence-electron chi connectivity index (χ2n) is 5.98. The smallest absolute Gasteiger partial charge is 0.249 e. The number of hydrogen-bond donors (Lipinski definition) is 2. The predicted molar refractivity (Wildman–Crippen MR) is 74.3 cm³/mol. The summed E-state index contributed by atoms with van der Waals surface area (Å²) in [6, 6.07) is 0. The molecule has 3 rings (SSSR count). The van der Waals surface area contributed by atoms with Gasteiger partial charge in [0, 0.05) is 13.5 Å². The molecule has 21 heavy (non-hydrogen) atoms. The van der Waals surface area contributed by atoms with Gasteiger partial charge in [-0.3, -0.25) is 4.79 Å². The highest BCUT2D eigenvalue weighted by Gasteiger charge is 2.43. The Morgan fingerprint density at radius 1 is 1.43 bits per heavy atom. The van der Waals surface area contributed by atoms with Crippen molar-refractivity contribution in [1.82, 2.24) is 15.5 Å². The van der Waals surface area contributed by atoms with Gasteiger partial charge in [0.2, 0.25) is 11.8 Å². The first-order chi connectivity index (χ1) is 10.1. The number of nitrogens with one attached hydrogen (secondary N) is 1. The van der Waals surface area contributed by atoms with Gasteiger partial charge in [-0.05, 0) is 25.7 Å². The maximum Gasteiger partial charge on any atom is 0.249 e. The first-order valence-corrected chi connectivity index (χ1v) is 7.61. The van der Waals surface area contributed by atoms with E-state index in [0.29, 0.717) is 18.3 Å². The van der Waals surface area contributed by atoms with Crippen LogP contribution in [0.4, 0.5) is 0 Å². The minimum atomic E-state index is -0.501. The Hall–Kier alpha value is -1.47. The number of ether oxygens (including phenoxy) is 1. The fraction of sp³-hybridized carbons (Fsp3) is 0.786. The van der Waals surface area contributed by atoms with Crippen molar-refractivity contribution >= 4 is 5.91 Å². The number of hydrogen-bond acceptors (Lipinski definition) is 6. The molecular formula is C14H22N4O3. The first-order valence-electron chi connectivity index (χ1n) is 7.61. The second kappa shape index (κ2) is 5.73. The van der Waals surface area contributed by atoms with Crippen molar-refractivity contribution in [2.45, 2.75) is 63.2 Å². The van der Waals surface area contributed by atoms with Gasteiger partial charge in [-0.1, -0.05) is 18.0 Å². The summed E-state index contributed by atoms with van der Waals surface area (Å²) in [5.41, 5.74) is 5.09. The molecule has 1 saturated heterocycles. The van der Waals surface area contributed by atoms with Gasteiger partial charge in [0.15, 0.2) is 5.82 Å². The molecule has 116 valence electrons. The van der Waals surface area contributed by atoms with Crippen LogP contribution in [0.1, 0.15) is 50.2 Å². The van der Waals surface area contributed by atoms with E-state index in [1.165, 1.54) is 0 Å². The molecule has 1 amide bonds. The van der Waals surface area contributed by atoms with Crippen LogP contribution in [0, 0.1) is 6.92 Å². The number of carbonyl (C=O) groups is 1. The average Bonchev–Trinajstić information content (AvgIpc) is 3.18. The average molecular weight is 294 g/mol. The summed E-state index contributed by atoms with van der Waals surface area (Å²) in [5.74, 6) is 1.01. The Morgan fingerprint density at radius 2 is 2.19 bits per heavy atom. The van der Waals surface area contributed by atoms with Crippen LogP contribution in [0.2, 0.25) is 0 Å². The third-order valence-electron chi connectivity index (χ3n) is 4.44. The van der Waals surface area contributed by atoms with E-state index in [9.17, 15) is 4.79 Å². The van der Waals surface area contributed by atoms with E-state index >= 15 is 0 Å². The van der Waals surface area contributed by atoms with Crippen molar-refractivity contribution in [2.24, 2.45) is 5.73 Å². The zero-order valence-corrected chi connectivity index (χ0v) is 12.3. The molecule has 2 fully saturated rings. The van der Waals surface area contributed by atoms with Gasteiger partial charge in [-0.15, -0.1) is 0 Å². The van der Waals surface area contributed by atoms with Crippen LogP contribution in [0.5, 0.6) is 0 Å². The summed E-state index contributed by atoms with van der Waals surface area (Å²) in [7, 11) is 0. The molecule has 1 aliphatic heterocycles. The Morgan fingerprint density at radius 3 is 2.76 bits per heavy atom. The van der Waals surface area contributed by atoms with Crippen molar-refractivity contribution in [1.29, 1.82) is 0 Å². The number of carbonyl (C=O) groups excluding carboxylic acids is 1. The Labute approximate surface area is 123 Å². The highest BCUT2D eigenvalue weighted by atomic mass is 16.5. The highest BCUT2D eigenvalue weighted by molar-refractivity contribution is 5.82. The number of aryl methyl sites for hydroxylation is 1. The second-order valence-corrected chi connectivity index (χ2v) is 5.98. The molecule has 2 heterocycles. The molecule has 0 radical (unpaired) electrons. The number of rotatable bonds is 4. The summed E-state index contributed by atoms with van der Waals surface area (Å²) in [6.07, 6.45) is 4.90. The van der Waals surface area contributed by atoms with Crippen LogP contribution in [0.3, 0.4) is 0 Å². The van der Waals surface area contributed by atoms with Gasteiger partial charge in [0.1, 0.15) is 11.6 Å². The van der Waals surface area contributed by atoms with Crippen LogP contribution < -0.4 is 11.1 Å². The molecule has 7 heteroatoms. The molecule has 1 saturated carbocycles. The van der Waals surface area contributed by atoms with Gasteiger partial charge in [-0.2, -0.15) is 4.98 Å². The fourth-order valence-corrected chi connectivity index (χ4v) is 3.26. The quantitative estimate of drug-likeness (QED) is 0.850. The maximum absolute atomic E-state index is 12.5. The lowest BCUT2D eigenvalue weighted by molar-refractivity contribution is -0.134. The first kappa shape index (κ1) is 14.5. The Bertz CT molecular complexity index is 510. The fourth-order valence-electron chi connectivity index (χ4n) is 3.26. The molecule has 2 atom stereocenters. The largest absolute Gasteiger partial charge is 0.364 e. The monoisotopic (exact) mass is 294 g/mol. The Balaban J connectivity index is 1.72. The van der Waals surface area contributed by atoms with E-state index in [0.717, 1.165) is 38.5 Å². The van der Waals surface area contributed by atoms with Crippen LogP contribution in [0.25, 0.3) is 0 Å². The normalized spacial score (nSPS) is 27.9. The van der Waals surface area contributed by atoms with Gasteiger partial charge in [-0.25, -0.2) is 0 Å². The zero-order valence-electron chi connectivity index (χ0n) is 12.3. The zero-order chi connectivity index (χ0) is 14.9. The highest BCUT2D eigenvalue weighted by Crippen LogP contribution is 2.37. The molecule has 0 bridgehead atoms. The van der Waals surface area contributed by atoms with Gasteiger partial charge in [0.25, 0.3) is 0 Å². The molecule has 3 N–H and O–H groups in total. The van der Waals surface area contributed by atoms with Gasteiger partial charge in [0.05, 0.1) is 6.10 Å². The van der Waals surface area contributed by atoms with Crippen LogP contribution >= 0.6 is 0 Å². The summed E-state index contributed by atoms with van der Waals surface area (Å²) in [6.45, 7) is 2.21.